The van der Waals surface area contributed by atoms with Gasteiger partial charge < -0.3 is 19.7 Å². The molecule has 2 aromatic rings. The zero-order valence-electron chi connectivity index (χ0n) is 14.9. The predicted molar refractivity (Wildman–Crippen MR) is 98.3 cm³/mol. The van der Waals surface area contributed by atoms with Crippen LogP contribution < -0.4 is 19.7 Å². The second-order valence-electron chi connectivity index (χ2n) is 6.46. The maximum absolute atomic E-state index is 12.5. The first-order valence-corrected chi connectivity index (χ1v) is 8.40. The third-order valence-corrected chi connectivity index (χ3v) is 4.46. The maximum Gasteiger partial charge on any atom is 0.227 e. The molecule has 1 atom stereocenters. The van der Waals surface area contributed by atoms with Crippen LogP contribution in [0, 0.1) is 5.92 Å². The molecule has 2 aromatic carbocycles. The van der Waals surface area contributed by atoms with Crippen molar-refractivity contribution >= 4 is 11.6 Å². The van der Waals surface area contributed by atoms with Gasteiger partial charge in [0.2, 0.25) is 5.91 Å². The molecule has 1 amide bonds. The van der Waals surface area contributed by atoms with E-state index >= 15 is 0 Å². The normalized spacial score (nSPS) is 15.7. The second kappa shape index (κ2) is 7.47. The van der Waals surface area contributed by atoms with E-state index in [1.807, 2.05) is 61.5 Å². The van der Waals surface area contributed by atoms with Gasteiger partial charge in [0.15, 0.2) is 0 Å². The van der Waals surface area contributed by atoms with Crippen molar-refractivity contribution in [2.75, 3.05) is 32.7 Å². The minimum Gasteiger partial charge on any atom is -0.497 e. The monoisotopic (exact) mass is 340 g/mol. The van der Waals surface area contributed by atoms with E-state index in [1.54, 1.807) is 7.11 Å². The molecule has 0 bridgehead atoms. The Hall–Kier alpha value is -2.69. The SMILES string of the molecule is COc1ccc2c(c1)C[C@@H](C(=O)NCc1ccc(N(C)C)cc1)CO2. The molecule has 1 aliphatic heterocycles. The van der Waals surface area contributed by atoms with E-state index in [-0.39, 0.29) is 11.8 Å². The summed E-state index contributed by atoms with van der Waals surface area (Å²) in [6.45, 7) is 0.929. The standard InChI is InChI=1S/C20H24N2O3/c1-22(2)17-6-4-14(5-7-17)12-21-20(23)16-10-15-11-18(24-3)8-9-19(15)25-13-16/h4-9,11,16H,10,12-13H2,1-3H3,(H,21,23)/t16-/m1/s1. The van der Waals surface area contributed by atoms with E-state index in [9.17, 15) is 4.79 Å². The van der Waals surface area contributed by atoms with E-state index in [4.69, 9.17) is 9.47 Å². The molecule has 132 valence electrons. The number of nitrogens with one attached hydrogen (secondary N) is 1. The highest BCUT2D eigenvalue weighted by Crippen LogP contribution is 2.30. The highest BCUT2D eigenvalue weighted by molar-refractivity contribution is 5.79. The average molecular weight is 340 g/mol. The summed E-state index contributed by atoms with van der Waals surface area (Å²) in [5, 5.41) is 3.01. The number of carbonyl (C=O) groups is 1. The number of rotatable bonds is 5. The van der Waals surface area contributed by atoms with E-state index in [0.717, 1.165) is 28.3 Å². The third-order valence-electron chi connectivity index (χ3n) is 4.46. The van der Waals surface area contributed by atoms with Gasteiger partial charge in [0.05, 0.1) is 13.0 Å². The third kappa shape index (κ3) is 4.05. The Morgan fingerprint density at radius 2 is 2.00 bits per heavy atom. The van der Waals surface area contributed by atoms with E-state index in [1.165, 1.54) is 0 Å². The molecule has 0 saturated heterocycles. The highest BCUT2D eigenvalue weighted by Gasteiger charge is 2.26. The van der Waals surface area contributed by atoms with Gasteiger partial charge >= 0.3 is 0 Å². The van der Waals surface area contributed by atoms with Crippen LogP contribution in [0.3, 0.4) is 0 Å². The Morgan fingerprint density at radius 3 is 2.68 bits per heavy atom. The summed E-state index contributed by atoms with van der Waals surface area (Å²) in [6, 6.07) is 13.9. The minimum absolute atomic E-state index is 0.0187. The Bertz CT molecular complexity index is 741. The number of benzene rings is 2. The van der Waals surface area contributed by atoms with Crippen LogP contribution in [0.2, 0.25) is 0 Å². The fourth-order valence-corrected chi connectivity index (χ4v) is 2.91. The van der Waals surface area contributed by atoms with Crippen LogP contribution in [0.4, 0.5) is 5.69 Å². The van der Waals surface area contributed by atoms with Crippen LogP contribution in [-0.4, -0.2) is 33.7 Å². The van der Waals surface area contributed by atoms with Gasteiger partial charge in [0, 0.05) is 26.3 Å². The first kappa shape index (κ1) is 17.1. The van der Waals surface area contributed by atoms with Gasteiger partial charge in [0.25, 0.3) is 0 Å². The molecule has 0 aliphatic carbocycles. The molecule has 0 saturated carbocycles. The van der Waals surface area contributed by atoms with Crippen LogP contribution in [0.25, 0.3) is 0 Å². The number of nitrogens with zero attached hydrogens (tertiary/aromatic N) is 1. The van der Waals surface area contributed by atoms with Crippen molar-refractivity contribution in [3.05, 3.63) is 53.6 Å². The van der Waals surface area contributed by atoms with Crippen molar-refractivity contribution in [1.29, 1.82) is 0 Å². The quantitative estimate of drug-likeness (QED) is 0.909. The molecular weight excluding hydrogens is 316 g/mol. The summed E-state index contributed by atoms with van der Waals surface area (Å²) < 4.78 is 11.0. The second-order valence-corrected chi connectivity index (χ2v) is 6.46. The maximum atomic E-state index is 12.5. The number of carbonyl (C=O) groups excluding carboxylic acids is 1. The number of methoxy groups -OCH3 is 1. The summed E-state index contributed by atoms with van der Waals surface area (Å²) in [5.41, 5.74) is 3.24. The number of ether oxygens (including phenoxy) is 2. The van der Waals surface area contributed by atoms with Crippen molar-refractivity contribution in [3.8, 4) is 11.5 Å². The number of amides is 1. The Balaban J connectivity index is 1.58. The summed E-state index contributed by atoms with van der Waals surface area (Å²) in [7, 11) is 5.65. The number of hydrogen-bond donors (Lipinski definition) is 1. The van der Waals surface area contributed by atoms with E-state index in [2.05, 4.69) is 5.32 Å². The molecule has 5 nitrogen and oxygen atoms in total. The molecule has 0 radical (unpaired) electrons. The largest absolute Gasteiger partial charge is 0.497 e. The Kier molecular flexibility index (Phi) is 5.12. The molecule has 0 fully saturated rings. The number of hydrogen-bond acceptors (Lipinski definition) is 4. The van der Waals surface area contributed by atoms with Crippen LogP contribution in [-0.2, 0) is 17.8 Å². The topological polar surface area (TPSA) is 50.8 Å². The van der Waals surface area contributed by atoms with Crippen LogP contribution >= 0.6 is 0 Å². The fourth-order valence-electron chi connectivity index (χ4n) is 2.91. The van der Waals surface area contributed by atoms with Crippen molar-refractivity contribution < 1.29 is 14.3 Å². The molecule has 0 unspecified atom stereocenters. The molecule has 25 heavy (non-hydrogen) atoms. The first-order valence-electron chi connectivity index (χ1n) is 8.40. The molecule has 1 N–H and O–H groups in total. The van der Waals surface area contributed by atoms with Crippen LogP contribution in [0.1, 0.15) is 11.1 Å². The first-order chi connectivity index (χ1) is 12.1. The van der Waals surface area contributed by atoms with Crippen molar-refractivity contribution in [1.82, 2.24) is 5.32 Å². The van der Waals surface area contributed by atoms with Gasteiger partial charge in [-0.2, -0.15) is 0 Å². The minimum atomic E-state index is -0.180. The van der Waals surface area contributed by atoms with Gasteiger partial charge in [0.1, 0.15) is 18.1 Å². The summed E-state index contributed by atoms with van der Waals surface area (Å²) >= 11 is 0. The molecule has 0 aromatic heterocycles. The van der Waals surface area contributed by atoms with Crippen LogP contribution in [0.15, 0.2) is 42.5 Å². The van der Waals surface area contributed by atoms with Gasteiger partial charge in [-0.1, -0.05) is 12.1 Å². The van der Waals surface area contributed by atoms with Crippen molar-refractivity contribution in [2.45, 2.75) is 13.0 Å². The van der Waals surface area contributed by atoms with Gasteiger partial charge in [-0.15, -0.1) is 0 Å². The molecule has 1 heterocycles. The lowest BCUT2D eigenvalue weighted by Crippen LogP contribution is -2.37. The molecule has 3 rings (SSSR count). The van der Waals surface area contributed by atoms with Gasteiger partial charge in [-0.25, -0.2) is 0 Å². The predicted octanol–water partition coefficient (Wildman–Crippen LogP) is 2.63. The average Bonchev–Trinajstić information content (AvgIpc) is 2.65. The van der Waals surface area contributed by atoms with E-state index in [0.29, 0.717) is 19.6 Å². The molecule has 5 heteroatoms. The van der Waals surface area contributed by atoms with Crippen molar-refractivity contribution in [3.63, 3.8) is 0 Å². The lowest BCUT2D eigenvalue weighted by molar-refractivity contribution is -0.126. The molecule has 1 aliphatic rings. The molecule has 0 spiro atoms. The number of anilines is 1. The van der Waals surface area contributed by atoms with Gasteiger partial charge in [-0.3, -0.25) is 4.79 Å². The van der Waals surface area contributed by atoms with Gasteiger partial charge in [-0.05, 0) is 47.9 Å². The fraction of sp³-hybridized carbons (Fsp3) is 0.350. The van der Waals surface area contributed by atoms with E-state index < -0.39 is 0 Å². The highest BCUT2D eigenvalue weighted by atomic mass is 16.5. The zero-order valence-corrected chi connectivity index (χ0v) is 14.9. The zero-order chi connectivity index (χ0) is 17.8. The summed E-state index contributed by atoms with van der Waals surface area (Å²) in [4.78, 5) is 14.5. The lowest BCUT2D eigenvalue weighted by Gasteiger charge is -2.25. The molecular formula is C20H24N2O3. The summed E-state index contributed by atoms with van der Waals surface area (Å²) in [5.74, 6) is 1.46. The van der Waals surface area contributed by atoms with Crippen molar-refractivity contribution in [2.24, 2.45) is 5.92 Å². The Morgan fingerprint density at radius 1 is 1.24 bits per heavy atom. The summed E-state index contributed by atoms with van der Waals surface area (Å²) in [6.07, 6.45) is 0.665. The lowest BCUT2D eigenvalue weighted by atomic mass is 9.95. The van der Waals surface area contributed by atoms with Crippen LogP contribution in [0.5, 0.6) is 11.5 Å². The number of fused-ring (bicyclic) bond motifs is 1. The smallest absolute Gasteiger partial charge is 0.227 e. The Labute approximate surface area is 148 Å².